The number of ether oxygens (including phenoxy) is 4. The van der Waals surface area contributed by atoms with E-state index in [4.69, 9.17) is 23.9 Å². The zero-order valence-electron chi connectivity index (χ0n) is 26.2. The van der Waals surface area contributed by atoms with Crippen LogP contribution in [-0.2, 0) is 27.5 Å². The van der Waals surface area contributed by atoms with Crippen LogP contribution < -0.4 is 10.1 Å². The minimum absolute atomic E-state index is 0.0241. The largest absolute Gasteiger partial charge is 0.471 e. The van der Waals surface area contributed by atoms with Crippen LogP contribution in [0, 0.1) is 0 Å². The van der Waals surface area contributed by atoms with Crippen molar-refractivity contribution in [1.82, 2.24) is 24.8 Å². The molecule has 0 bridgehead atoms. The number of benzene rings is 1. The molecule has 0 radical (unpaired) electrons. The highest BCUT2D eigenvalue weighted by Crippen LogP contribution is 2.25. The molecular weight excluding hydrogens is 566 g/mol. The van der Waals surface area contributed by atoms with Gasteiger partial charge in [0.25, 0.3) is 5.91 Å². The molecule has 3 aromatic rings. The summed E-state index contributed by atoms with van der Waals surface area (Å²) in [6.07, 6.45) is 4.13. The number of hydrogen-bond acceptors (Lipinski definition) is 8. The summed E-state index contributed by atoms with van der Waals surface area (Å²) in [6.45, 7) is 12.7. The summed E-state index contributed by atoms with van der Waals surface area (Å²) in [5, 5.41) is 2.96. The van der Waals surface area contributed by atoms with Gasteiger partial charge in [0.15, 0.2) is 5.65 Å². The van der Waals surface area contributed by atoms with Crippen molar-refractivity contribution in [1.29, 1.82) is 0 Å². The number of aromatic nitrogens is 3. The van der Waals surface area contributed by atoms with E-state index in [2.05, 4.69) is 29.9 Å². The van der Waals surface area contributed by atoms with Crippen LogP contribution in [0.5, 0.6) is 5.88 Å². The Hall–Kier alpha value is -3.48. The number of likely N-dealkylation sites (tertiary alicyclic amines) is 1. The number of fused-ring (bicyclic) bond motifs is 1. The Morgan fingerprint density at radius 1 is 1.16 bits per heavy atom. The first-order valence-corrected chi connectivity index (χ1v) is 18.6. The summed E-state index contributed by atoms with van der Waals surface area (Å²) in [5.41, 5.74) is 2.28. The van der Waals surface area contributed by atoms with Gasteiger partial charge >= 0.3 is 6.09 Å². The van der Waals surface area contributed by atoms with Crippen LogP contribution in [0.4, 0.5) is 4.79 Å². The molecule has 1 aromatic carbocycles. The molecular formula is C31H45N5O6Si. The number of nitrogens with zero attached hydrogens (tertiary/aromatic N) is 4. The Bertz CT molecular complexity index is 1360. The van der Waals surface area contributed by atoms with E-state index in [1.807, 2.05) is 44.2 Å². The molecule has 1 N–H and O–H groups in total. The Morgan fingerprint density at radius 3 is 2.65 bits per heavy atom. The molecule has 1 unspecified atom stereocenters. The number of rotatable bonds is 13. The van der Waals surface area contributed by atoms with Crippen LogP contribution in [0.3, 0.4) is 0 Å². The van der Waals surface area contributed by atoms with Crippen LogP contribution in [0.2, 0.25) is 25.7 Å². The third-order valence-electron chi connectivity index (χ3n) is 7.37. The Morgan fingerprint density at radius 2 is 1.93 bits per heavy atom. The van der Waals surface area contributed by atoms with E-state index in [9.17, 15) is 9.59 Å². The molecule has 0 aliphatic carbocycles. The third kappa shape index (κ3) is 9.25. The van der Waals surface area contributed by atoms with Gasteiger partial charge in [0.1, 0.15) is 25.0 Å². The Labute approximate surface area is 254 Å². The number of piperidine rings is 1. The van der Waals surface area contributed by atoms with Crippen LogP contribution in [0.25, 0.3) is 11.2 Å². The number of methoxy groups -OCH3 is 1. The Kier molecular flexibility index (Phi) is 11.2. The van der Waals surface area contributed by atoms with Crippen LogP contribution in [0.15, 0.2) is 42.7 Å². The molecule has 11 nitrogen and oxygen atoms in total. The number of hydrogen-bond donors (Lipinski definition) is 1. The molecule has 1 fully saturated rings. The second kappa shape index (κ2) is 14.8. The van der Waals surface area contributed by atoms with Crippen molar-refractivity contribution in [2.45, 2.75) is 83.9 Å². The summed E-state index contributed by atoms with van der Waals surface area (Å²) < 4.78 is 24.8. The molecule has 234 valence electrons. The third-order valence-corrected chi connectivity index (χ3v) is 9.08. The second-order valence-electron chi connectivity index (χ2n) is 12.4. The van der Waals surface area contributed by atoms with Gasteiger partial charge in [-0.3, -0.25) is 4.79 Å². The van der Waals surface area contributed by atoms with Crippen molar-refractivity contribution in [2.24, 2.45) is 0 Å². The molecule has 3 atom stereocenters. The van der Waals surface area contributed by atoms with Crippen molar-refractivity contribution in [3.05, 3.63) is 53.9 Å². The first kappa shape index (κ1) is 32.4. The molecule has 0 saturated carbocycles. The molecule has 2 aromatic heterocycles. The zero-order valence-corrected chi connectivity index (χ0v) is 27.2. The minimum Gasteiger partial charge on any atom is -0.471 e. The van der Waals surface area contributed by atoms with Crippen molar-refractivity contribution in [3.63, 3.8) is 0 Å². The summed E-state index contributed by atoms with van der Waals surface area (Å²) in [4.78, 5) is 37.2. The van der Waals surface area contributed by atoms with Gasteiger partial charge in [0.05, 0.1) is 24.9 Å². The van der Waals surface area contributed by atoms with E-state index < -0.39 is 8.07 Å². The molecule has 1 aliphatic heterocycles. The van der Waals surface area contributed by atoms with E-state index in [0.29, 0.717) is 42.4 Å². The van der Waals surface area contributed by atoms with Gasteiger partial charge < -0.3 is 33.7 Å². The molecule has 0 spiro atoms. The molecule has 2 amide bonds. The lowest BCUT2D eigenvalue weighted by Crippen LogP contribution is -2.49. The average Bonchev–Trinajstić information content (AvgIpc) is 3.33. The first-order chi connectivity index (χ1) is 20.5. The zero-order chi connectivity index (χ0) is 31.0. The Balaban J connectivity index is 1.48. The van der Waals surface area contributed by atoms with Gasteiger partial charge in [-0.1, -0.05) is 50.0 Å². The summed E-state index contributed by atoms with van der Waals surface area (Å²) >= 11 is 0. The maximum Gasteiger partial charge on any atom is 0.410 e. The maximum absolute atomic E-state index is 13.3. The molecule has 3 heterocycles. The van der Waals surface area contributed by atoms with Crippen LogP contribution in [-0.4, -0.2) is 84.6 Å². The van der Waals surface area contributed by atoms with E-state index in [-0.39, 0.29) is 43.5 Å². The molecule has 1 saturated heterocycles. The van der Waals surface area contributed by atoms with E-state index >= 15 is 0 Å². The van der Waals surface area contributed by atoms with Gasteiger partial charge in [-0.25, -0.2) is 14.8 Å². The SMILES string of the molecule is COCC(C)NC(=O)c1cn(COCC[Si](C)(C)C)c2ncc(O[C@@H]3CC[C@H](C)N(C(=O)OCc4ccccc4)C3)nc12. The molecule has 4 rings (SSSR count). The van der Waals surface area contributed by atoms with Gasteiger partial charge in [-0.2, -0.15) is 0 Å². The fraction of sp³-hybridized carbons (Fsp3) is 0.548. The highest BCUT2D eigenvalue weighted by atomic mass is 28.3. The van der Waals surface area contributed by atoms with Gasteiger partial charge in [-0.15, -0.1) is 0 Å². The molecule has 43 heavy (non-hydrogen) atoms. The number of carbonyl (C=O) groups is 2. The lowest BCUT2D eigenvalue weighted by atomic mass is 10.0. The fourth-order valence-electron chi connectivity index (χ4n) is 4.89. The maximum atomic E-state index is 13.3. The number of amides is 2. The summed E-state index contributed by atoms with van der Waals surface area (Å²) in [7, 11) is 0.354. The minimum atomic E-state index is -1.24. The monoisotopic (exact) mass is 611 g/mol. The highest BCUT2D eigenvalue weighted by Gasteiger charge is 2.32. The van der Waals surface area contributed by atoms with Gasteiger partial charge in [0.2, 0.25) is 5.88 Å². The van der Waals surface area contributed by atoms with E-state index in [0.717, 1.165) is 24.4 Å². The van der Waals surface area contributed by atoms with Crippen molar-refractivity contribution < 1.29 is 28.5 Å². The summed E-state index contributed by atoms with van der Waals surface area (Å²) in [6, 6.07) is 10.5. The van der Waals surface area contributed by atoms with Crippen molar-refractivity contribution in [3.8, 4) is 5.88 Å². The highest BCUT2D eigenvalue weighted by molar-refractivity contribution is 6.76. The van der Waals surface area contributed by atoms with Crippen molar-refractivity contribution in [2.75, 3.05) is 26.9 Å². The van der Waals surface area contributed by atoms with Crippen LogP contribution in [0.1, 0.15) is 42.6 Å². The fourth-order valence-corrected chi connectivity index (χ4v) is 5.65. The van der Waals surface area contributed by atoms with E-state index in [1.54, 1.807) is 29.0 Å². The predicted octanol–water partition coefficient (Wildman–Crippen LogP) is 5.08. The normalized spacial score (nSPS) is 18.0. The van der Waals surface area contributed by atoms with Crippen LogP contribution >= 0.6 is 0 Å². The average molecular weight is 612 g/mol. The smallest absolute Gasteiger partial charge is 0.410 e. The predicted molar refractivity (Wildman–Crippen MR) is 167 cm³/mol. The van der Waals surface area contributed by atoms with E-state index in [1.165, 1.54) is 0 Å². The van der Waals surface area contributed by atoms with Gasteiger partial charge in [0, 0.05) is 40.1 Å². The number of nitrogens with one attached hydrogen (secondary N) is 1. The van der Waals surface area contributed by atoms with Crippen molar-refractivity contribution >= 4 is 31.2 Å². The topological polar surface area (TPSA) is 117 Å². The second-order valence-corrected chi connectivity index (χ2v) is 18.1. The summed E-state index contributed by atoms with van der Waals surface area (Å²) in [5.74, 6) is 0.0155. The lowest BCUT2D eigenvalue weighted by Gasteiger charge is -2.36. The van der Waals surface area contributed by atoms with Gasteiger partial charge in [-0.05, 0) is 38.3 Å². The molecule has 12 heteroatoms. The lowest BCUT2D eigenvalue weighted by molar-refractivity contribution is 0.0324. The standard InChI is InChI=1S/C31H45N5O6Si/c1-22(19-39-3)33-30(37)26-18-35(21-40-14-15-43(4,5)6)29-28(26)34-27(16-32-29)42-25-13-12-23(2)36(17-25)31(38)41-20-24-10-8-7-9-11-24/h7-11,16,18,22-23,25H,12-15,17,19-21H2,1-6H3,(H,33,37)/t22?,23-,25+/m0/s1. The molecule has 1 aliphatic rings. The number of carbonyl (C=O) groups excluding carboxylic acids is 2. The quantitative estimate of drug-likeness (QED) is 0.210. The first-order valence-electron chi connectivity index (χ1n) is 14.9.